The zero-order valence-electron chi connectivity index (χ0n) is 13.9. The summed E-state index contributed by atoms with van der Waals surface area (Å²) in [5, 5.41) is 11.1. The first-order chi connectivity index (χ1) is 11.3. The van der Waals surface area contributed by atoms with Crippen molar-refractivity contribution in [1.29, 1.82) is 0 Å². The number of nitrogens with zero attached hydrogens (tertiary/aromatic N) is 3. The number of unbranched alkanes of at least 4 members (excludes halogenated alkanes) is 1. The molecular weight excluding hydrogens is 292 g/mol. The molecule has 1 aromatic rings. The number of hydrogen-bond donors (Lipinski definition) is 1. The first kappa shape index (κ1) is 16.4. The maximum absolute atomic E-state index is 12.1. The molecule has 6 nitrogen and oxygen atoms in total. The molecule has 2 fully saturated rings. The van der Waals surface area contributed by atoms with Crippen LogP contribution in [0.1, 0.15) is 80.7 Å². The van der Waals surface area contributed by atoms with Gasteiger partial charge in [0.15, 0.2) is 5.69 Å². The smallest absolute Gasteiger partial charge is 0.273 e. The molecule has 0 radical (unpaired) electrons. The second-order valence-corrected chi connectivity index (χ2v) is 6.76. The van der Waals surface area contributed by atoms with Gasteiger partial charge in [-0.2, -0.15) is 0 Å². The van der Waals surface area contributed by atoms with E-state index >= 15 is 0 Å². The second kappa shape index (κ2) is 8.43. The third kappa shape index (κ3) is 4.77. The highest BCUT2D eigenvalue weighted by Crippen LogP contribution is 2.27. The number of nitrogens with one attached hydrogen (secondary N) is 1. The summed E-state index contributed by atoms with van der Waals surface area (Å²) in [6.07, 6.45) is 13.9. The lowest BCUT2D eigenvalue weighted by molar-refractivity contribution is 0.0942. The average Bonchev–Trinajstić information content (AvgIpc) is 3.27. The number of carbonyl (C=O) groups excluding carboxylic acids is 1. The van der Waals surface area contributed by atoms with Crippen molar-refractivity contribution in [2.75, 3.05) is 13.2 Å². The summed E-state index contributed by atoms with van der Waals surface area (Å²) < 4.78 is 7.48. The van der Waals surface area contributed by atoms with Gasteiger partial charge >= 0.3 is 0 Å². The van der Waals surface area contributed by atoms with Gasteiger partial charge in [-0.1, -0.05) is 24.5 Å². The van der Waals surface area contributed by atoms with Gasteiger partial charge in [-0.15, -0.1) is 5.10 Å². The van der Waals surface area contributed by atoms with Crippen molar-refractivity contribution in [2.45, 2.75) is 76.4 Å². The molecule has 1 aliphatic carbocycles. The lowest BCUT2D eigenvalue weighted by Crippen LogP contribution is -2.25. The molecule has 0 spiro atoms. The number of amides is 1. The summed E-state index contributed by atoms with van der Waals surface area (Å²) in [7, 11) is 0. The highest BCUT2D eigenvalue weighted by molar-refractivity contribution is 5.91. The second-order valence-electron chi connectivity index (χ2n) is 6.76. The van der Waals surface area contributed by atoms with E-state index < -0.39 is 0 Å². The van der Waals surface area contributed by atoms with Gasteiger partial charge in [-0.05, 0) is 44.9 Å². The van der Waals surface area contributed by atoms with E-state index in [0.29, 0.717) is 24.4 Å². The van der Waals surface area contributed by atoms with Crippen LogP contribution >= 0.6 is 0 Å². The molecule has 1 unspecified atom stereocenters. The van der Waals surface area contributed by atoms with Crippen molar-refractivity contribution in [3.8, 4) is 0 Å². The fraction of sp³-hybridized carbons (Fsp3) is 0.824. The number of rotatable bonds is 7. The Morgan fingerprint density at radius 3 is 2.87 bits per heavy atom. The SMILES string of the molecule is O=C(NCCCCC1CCCO1)c1cn(C2CCCCC2)nn1. The van der Waals surface area contributed by atoms with Crippen LogP contribution in [0.2, 0.25) is 0 Å². The summed E-state index contributed by atoms with van der Waals surface area (Å²) >= 11 is 0. The molecule has 1 aromatic heterocycles. The van der Waals surface area contributed by atoms with E-state index in [9.17, 15) is 4.79 Å². The summed E-state index contributed by atoms with van der Waals surface area (Å²) in [6.45, 7) is 1.61. The normalized spacial score (nSPS) is 22.3. The zero-order chi connectivity index (χ0) is 15.9. The monoisotopic (exact) mass is 320 g/mol. The Hall–Kier alpha value is -1.43. The maximum atomic E-state index is 12.1. The summed E-state index contributed by atoms with van der Waals surface area (Å²) in [6, 6.07) is 0.421. The number of carbonyl (C=O) groups is 1. The predicted octanol–water partition coefficient (Wildman–Crippen LogP) is 2.86. The van der Waals surface area contributed by atoms with Crippen molar-refractivity contribution < 1.29 is 9.53 Å². The van der Waals surface area contributed by atoms with E-state index in [1.165, 1.54) is 32.1 Å². The van der Waals surface area contributed by atoms with Crippen LogP contribution in [0, 0.1) is 0 Å². The highest BCUT2D eigenvalue weighted by atomic mass is 16.5. The highest BCUT2D eigenvalue weighted by Gasteiger charge is 2.19. The Morgan fingerprint density at radius 1 is 1.22 bits per heavy atom. The topological polar surface area (TPSA) is 69.0 Å². The number of aromatic nitrogens is 3. The lowest BCUT2D eigenvalue weighted by atomic mass is 9.96. The van der Waals surface area contributed by atoms with Gasteiger partial charge in [0, 0.05) is 13.2 Å². The van der Waals surface area contributed by atoms with Gasteiger partial charge in [-0.25, -0.2) is 4.68 Å². The van der Waals surface area contributed by atoms with E-state index in [1.54, 1.807) is 6.20 Å². The molecule has 6 heteroatoms. The van der Waals surface area contributed by atoms with Crippen molar-refractivity contribution in [1.82, 2.24) is 20.3 Å². The van der Waals surface area contributed by atoms with Crippen LogP contribution in [-0.2, 0) is 4.74 Å². The van der Waals surface area contributed by atoms with Gasteiger partial charge < -0.3 is 10.1 Å². The number of hydrogen-bond acceptors (Lipinski definition) is 4. The van der Waals surface area contributed by atoms with Crippen LogP contribution in [0.3, 0.4) is 0 Å². The van der Waals surface area contributed by atoms with Gasteiger partial charge in [0.1, 0.15) is 0 Å². The first-order valence-electron chi connectivity index (χ1n) is 9.14. The molecule has 1 saturated carbocycles. The van der Waals surface area contributed by atoms with E-state index in [0.717, 1.165) is 38.7 Å². The molecule has 1 aliphatic heterocycles. The molecule has 1 saturated heterocycles. The zero-order valence-corrected chi connectivity index (χ0v) is 13.9. The fourth-order valence-corrected chi connectivity index (χ4v) is 3.57. The largest absolute Gasteiger partial charge is 0.378 e. The summed E-state index contributed by atoms with van der Waals surface area (Å²) in [4.78, 5) is 12.1. The van der Waals surface area contributed by atoms with Crippen LogP contribution in [0.25, 0.3) is 0 Å². The standard InChI is InChI=1S/C17H28N4O2/c22-17(18-11-5-4-9-15-10-6-12-23-15)16-13-21(20-19-16)14-7-2-1-3-8-14/h13-15H,1-12H2,(H,18,22). The average molecular weight is 320 g/mol. The molecule has 3 rings (SSSR count). The van der Waals surface area contributed by atoms with E-state index in [2.05, 4.69) is 15.6 Å². The van der Waals surface area contributed by atoms with Crippen molar-refractivity contribution in [3.63, 3.8) is 0 Å². The fourth-order valence-electron chi connectivity index (χ4n) is 3.57. The Labute approximate surface area is 138 Å². The van der Waals surface area contributed by atoms with Crippen LogP contribution in [0.4, 0.5) is 0 Å². The molecule has 1 N–H and O–H groups in total. The van der Waals surface area contributed by atoms with Gasteiger partial charge in [0.2, 0.25) is 0 Å². The Morgan fingerprint density at radius 2 is 2.09 bits per heavy atom. The quantitative estimate of drug-likeness (QED) is 0.784. The van der Waals surface area contributed by atoms with Crippen LogP contribution in [0.5, 0.6) is 0 Å². The van der Waals surface area contributed by atoms with E-state index in [1.807, 2.05) is 4.68 Å². The minimum absolute atomic E-state index is 0.107. The Kier molecular flexibility index (Phi) is 6.02. The molecule has 1 atom stereocenters. The van der Waals surface area contributed by atoms with Crippen LogP contribution in [-0.4, -0.2) is 40.2 Å². The van der Waals surface area contributed by atoms with Crippen LogP contribution in [0.15, 0.2) is 6.20 Å². The van der Waals surface area contributed by atoms with E-state index in [4.69, 9.17) is 4.74 Å². The third-order valence-corrected chi connectivity index (χ3v) is 4.95. The minimum atomic E-state index is -0.107. The first-order valence-corrected chi connectivity index (χ1v) is 9.14. The predicted molar refractivity (Wildman–Crippen MR) is 87.3 cm³/mol. The van der Waals surface area contributed by atoms with Gasteiger partial charge in [-0.3, -0.25) is 4.79 Å². The summed E-state index contributed by atoms with van der Waals surface area (Å²) in [5.41, 5.74) is 0.440. The molecular formula is C17H28N4O2. The molecule has 2 heterocycles. The number of ether oxygens (including phenoxy) is 1. The van der Waals surface area contributed by atoms with Crippen molar-refractivity contribution >= 4 is 5.91 Å². The molecule has 2 aliphatic rings. The molecule has 128 valence electrons. The Balaban J connectivity index is 1.35. The van der Waals surface area contributed by atoms with Crippen LogP contribution < -0.4 is 5.32 Å². The molecule has 0 aromatic carbocycles. The van der Waals surface area contributed by atoms with Gasteiger partial charge in [0.05, 0.1) is 18.3 Å². The third-order valence-electron chi connectivity index (χ3n) is 4.95. The Bertz CT molecular complexity index is 491. The molecule has 1 amide bonds. The molecule has 0 bridgehead atoms. The summed E-state index contributed by atoms with van der Waals surface area (Å²) in [5.74, 6) is -0.107. The molecule has 23 heavy (non-hydrogen) atoms. The lowest BCUT2D eigenvalue weighted by Gasteiger charge is -2.20. The minimum Gasteiger partial charge on any atom is -0.378 e. The van der Waals surface area contributed by atoms with Gasteiger partial charge in [0.25, 0.3) is 5.91 Å². The maximum Gasteiger partial charge on any atom is 0.273 e. The van der Waals surface area contributed by atoms with Crippen molar-refractivity contribution in [2.24, 2.45) is 0 Å². The van der Waals surface area contributed by atoms with Crippen molar-refractivity contribution in [3.05, 3.63) is 11.9 Å². The van der Waals surface area contributed by atoms with E-state index in [-0.39, 0.29) is 5.91 Å².